The Morgan fingerprint density at radius 2 is 2.14 bits per heavy atom. The van der Waals surface area contributed by atoms with Crippen LogP contribution in [-0.4, -0.2) is 28.6 Å². The van der Waals surface area contributed by atoms with Crippen molar-refractivity contribution in [3.63, 3.8) is 0 Å². The smallest absolute Gasteiger partial charge is 0.326 e. The molecule has 0 aromatic heterocycles. The van der Waals surface area contributed by atoms with Gasteiger partial charge in [-0.3, -0.25) is 10.1 Å². The van der Waals surface area contributed by atoms with Gasteiger partial charge in [-0.25, -0.2) is 4.79 Å². The van der Waals surface area contributed by atoms with Crippen molar-refractivity contribution in [2.45, 2.75) is 39.7 Å². The SMILES string of the molecule is Cc1ccc(N2CCCC(C)(C)C2C(=O)O)c([N+](=O)[O-])c1. The first kappa shape index (κ1) is 15.3. The van der Waals surface area contributed by atoms with Gasteiger partial charge >= 0.3 is 5.97 Å². The predicted octanol–water partition coefficient (Wildman–Crippen LogP) is 2.98. The molecule has 1 unspecified atom stereocenters. The molecule has 0 spiro atoms. The number of aryl methyl sites for hydroxylation is 1. The third kappa shape index (κ3) is 2.84. The van der Waals surface area contributed by atoms with Gasteiger partial charge in [0.1, 0.15) is 11.7 Å². The number of carbonyl (C=O) groups is 1. The Labute approximate surface area is 123 Å². The molecule has 1 atom stereocenters. The highest BCUT2D eigenvalue weighted by Crippen LogP contribution is 2.41. The Hall–Kier alpha value is -2.11. The molecule has 1 aromatic carbocycles. The lowest BCUT2D eigenvalue weighted by Gasteiger charge is -2.44. The Bertz CT molecular complexity index is 583. The Morgan fingerprint density at radius 3 is 2.71 bits per heavy atom. The van der Waals surface area contributed by atoms with E-state index in [1.54, 1.807) is 24.0 Å². The molecule has 0 radical (unpaired) electrons. The zero-order chi connectivity index (χ0) is 15.8. The molecule has 6 heteroatoms. The van der Waals surface area contributed by atoms with E-state index in [1.807, 2.05) is 13.8 Å². The summed E-state index contributed by atoms with van der Waals surface area (Å²) in [4.78, 5) is 24.2. The van der Waals surface area contributed by atoms with E-state index < -0.39 is 22.3 Å². The van der Waals surface area contributed by atoms with Crippen molar-refractivity contribution in [3.8, 4) is 0 Å². The number of hydrogen-bond acceptors (Lipinski definition) is 4. The van der Waals surface area contributed by atoms with Crippen LogP contribution in [0.5, 0.6) is 0 Å². The predicted molar refractivity (Wildman–Crippen MR) is 79.6 cm³/mol. The van der Waals surface area contributed by atoms with Gasteiger partial charge in [0.05, 0.1) is 4.92 Å². The molecule has 1 saturated heterocycles. The fraction of sp³-hybridized carbons (Fsp3) is 0.533. The molecular formula is C15H20N2O4. The average Bonchev–Trinajstić information content (AvgIpc) is 2.36. The van der Waals surface area contributed by atoms with Gasteiger partial charge in [0.2, 0.25) is 0 Å². The summed E-state index contributed by atoms with van der Waals surface area (Å²) in [5.74, 6) is -0.936. The summed E-state index contributed by atoms with van der Waals surface area (Å²) in [5.41, 5.74) is 0.723. The Balaban J connectivity index is 2.53. The molecule has 6 nitrogen and oxygen atoms in total. The molecule has 1 aliphatic heterocycles. The molecular weight excluding hydrogens is 272 g/mol. The van der Waals surface area contributed by atoms with E-state index in [2.05, 4.69) is 0 Å². The summed E-state index contributed by atoms with van der Waals surface area (Å²) >= 11 is 0. The zero-order valence-electron chi connectivity index (χ0n) is 12.5. The molecule has 1 N–H and O–H groups in total. The molecule has 1 aromatic rings. The summed E-state index contributed by atoms with van der Waals surface area (Å²) < 4.78 is 0. The second-order valence-electron chi connectivity index (χ2n) is 6.28. The molecule has 114 valence electrons. The van der Waals surface area contributed by atoms with Crippen LogP contribution in [0.2, 0.25) is 0 Å². The molecule has 0 amide bonds. The van der Waals surface area contributed by atoms with Gasteiger partial charge in [0, 0.05) is 12.6 Å². The highest BCUT2D eigenvalue weighted by molar-refractivity contribution is 5.81. The minimum Gasteiger partial charge on any atom is -0.480 e. The number of piperidine rings is 1. The van der Waals surface area contributed by atoms with Crippen molar-refractivity contribution < 1.29 is 14.8 Å². The van der Waals surface area contributed by atoms with Crippen molar-refractivity contribution in [1.29, 1.82) is 0 Å². The summed E-state index contributed by atoms with van der Waals surface area (Å²) in [5, 5.41) is 20.9. The zero-order valence-corrected chi connectivity index (χ0v) is 12.5. The molecule has 1 heterocycles. The van der Waals surface area contributed by atoms with Crippen LogP contribution < -0.4 is 4.90 Å². The van der Waals surface area contributed by atoms with Crippen LogP contribution in [0.3, 0.4) is 0 Å². The van der Waals surface area contributed by atoms with Gasteiger partial charge in [-0.05, 0) is 36.8 Å². The van der Waals surface area contributed by atoms with E-state index in [0.717, 1.165) is 18.4 Å². The third-order valence-electron chi connectivity index (χ3n) is 4.14. The first-order valence-corrected chi connectivity index (χ1v) is 6.98. The standard InChI is InChI=1S/C15H20N2O4/c1-10-5-6-11(12(9-10)17(20)21)16-8-4-7-15(2,3)13(16)14(18)19/h5-6,9,13H,4,7-8H2,1-3H3,(H,18,19). The fourth-order valence-corrected chi connectivity index (χ4v) is 3.14. The Morgan fingerprint density at radius 1 is 1.48 bits per heavy atom. The molecule has 2 rings (SSSR count). The highest BCUT2D eigenvalue weighted by atomic mass is 16.6. The van der Waals surface area contributed by atoms with Crippen molar-refractivity contribution >= 4 is 17.3 Å². The maximum Gasteiger partial charge on any atom is 0.326 e. The van der Waals surface area contributed by atoms with Gasteiger partial charge in [-0.15, -0.1) is 0 Å². The number of nitrogens with zero attached hydrogens (tertiary/aromatic N) is 2. The summed E-state index contributed by atoms with van der Waals surface area (Å²) in [6.45, 7) is 6.10. The van der Waals surface area contributed by atoms with Crippen molar-refractivity contribution in [2.75, 3.05) is 11.4 Å². The molecule has 1 aliphatic rings. The van der Waals surface area contributed by atoms with Gasteiger partial charge < -0.3 is 10.0 Å². The van der Waals surface area contributed by atoms with E-state index in [9.17, 15) is 20.0 Å². The van der Waals surface area contributed by atoms with E-state index in [-0.39, 0.29) is 5.69 Å². The van der Waals surface area contributed by atoms with Crippen LogP contribution in [0.25, 0.3) is 0 Å². The van der Waals surface area contributed by atoms with Crippen LogP contribution in [-0.2, 0) is 4.79 Å². The molecule has 1 fully saturated rings. The normalized spacial score (nSPS) is 21.1. The number of rotatable bonds is 3. The first-order valence-electron chi connectivity index (χ1n) is 6.98. The monoisotopic (exact) mass is 292 g/mol. The fourth-order valence-electron chi connectivity index (χ4n) is 3.14. The van der Waals surface area contributed by atoms with E-state index >= 15 is 0 Å². The minimum absolute atomic E-state index is 0.0287. The van der Waals surface area contributed by atoms with E-state index in [1.165, 1.54) is 6.07 Å². The number of anilines is 1. The van der Waals surface area contributed by atoms with Crippen LogP contribution >= 0.6 is 0 Å². The van der Waals surface area contributed by atoms with Crippen molar-refractivity contribution in [1.82, 2.24) is 0 Å². The lowest BCUT2D eigenvalue weighted by molar-refractivity contribution is -0.384. The lowest BCUT2D eigenvalue weighted by atomic mass is 9.76. The summed E-state index contributed by atoms with van der Waals surface area (Å²) in [7, 11) is 0. The van der Waals surface area contributed by atoms with Crippen LogP contribution in [0.1, 0.15) is 32.3 Å². The molecule has 0 saturated carbocycles. The van der Waals surface area contributed by atoms with Crippen molar-refractivity contribution in [3.05, 3.63) is 33.9 Å². The van der Waals surface area contributed by atoms with E-state index in [0.29, 0.717) is 12.2 Å². The lowest BCUT2D eigenvalue weighted by Crippen LogP contribution is -2.54. The number of benzene rings is 1. The molecule has 0 bridgehead atoms. The summed E-state index contributed by atoms with van der Waals surface area (Å²) in [6, 6.07) is 4.18. The van der Waals surface area contributed by atoms with Crippen molar-refractivity contribution in [2.24, 2.45) is 5.41 Å². The third-order valence-corrected chi connectivity index (χ3v) is 4.14. The second-order valence-corrected chi connectivity index (χ2v) is 6.28. The number of nitro groups is 1. The largest absolute Gasteiger partial charge is 0.480 e. The maximum atomic E-state index is 11.7. The van der Waals surface area contributed by atoms with Crippen LogP contribution in [0.4, 0.5) is 11.4 Å². The topological polar surface area (TPSA) is 83.7 Å². The van der Waals surface area contributed by atoms with Crippen LogP contribution in [0.15, 0.2) is 18.2 Å². The van der Waals surface area contributed by atoms with Gasteiger partial charge in [0.15, 0.2) is 0 Å². The van der Waals surface area contributed by atoms with Crippen LogP contribution in [0, 0.1) is 22.5 Å². The number of hydrogen-bond donors (Lipinski definition) is 1. The van der Waals surface area contributed by atoms with E-state index in [4.69, 9.17) is 0 Å². The number of carboxylic acids is 1. The van der Waals surface area contributed by atoms with Gasteiger partial charge in [0.25, 0.3) is 5.69 Å². The number of nitro benzene ring substituents is 1. The van der Waals surface area contributed by atoms with Gasteiger partial charge in [-0.2, -0.15) is 0 Å². The quantitative estimate of drug-likeness (QED) is 0.684. The highest BCUT2D eigenvalue weighted by Gasteiger charge is 2.44. The average molecular weight is 292 g/mol. The molecule has 0 aliphatic carbocycles. The first-order chi connectivity index (χ1) is 9.74. The summed E-state index contributed by atoms with van der Waals surface area (Å²) in [6.07, 6.45) is 1.61. The molecule has 21 heavy (non-hydrogen) atoms. The number of carboxylic acid groups (broad SMARTS) is 1. The minimum atomic E-state index is -0.936. The second kappa shape index (κ2) is 5.35. The maximum absolute atomic E-state index is 11.7. The number of aliphatic carboxylic acids is 1. The van der Waals surface area contributed by atoms with Gasteiger partial charge in [-0.1, -0.05) is 19.9 Å². The Kier molecular flexibility index (Phi) is 3.89.